The van der Waals surface area contributed by atoms with Gasteiger partial charge >= 0.3 is 0 Å². The second kappa shape index (κ2) is 6.88. The number of carbonyl (C=O) groups is 1. The summed E-state index contributed by atoms with van der Waals surface area (Å²) in [7, 11) is 0. The fourth-order valence-corrected chi connectivity index (χ4v) is 3.00. The van der Waals surface area contributed by atoms with Crippen molar-refractivity contribution in [2.75, 3.05) is 6.54 Å². The van der Waals surface area contributed by atoms with E-state index >= 15 is 0 Å². The van der Waals surface area contributed by atoms with Crippen LogP contribution in [0.2, 0.25) is 0 Å². The van der Waals surface area contributed by atoms with Gasteiger partial charge in [-0.2, -0.15) is 0 Å². The molecule has 2 N–H and O–H groups in total. The van der Waals surface area contributed by atoms with Crippen molar-refractivity contribution in [1.29, 1.82) is 0 Å². The van der Waals surface area contributed by atoms with Crippen LogP contribution in [0.25, 0.3) is 0 Å². The van der Waals surface area contributed by atoms with Crippen molar-refractivity contribution in [3.05, 3.63) is 17.0 Å². The largest absolute Gasteiger partial charge is 0.361 e. The highest BCUT2D eigenvalue weighted by Gasteiger charge is 2.21. The van der Waals surface area contributed by atoms with Crippen LogP contribution in [0.3, 0.4) is 0 Å². The first-order chi connectivity index (χ1) is 9.61. The summed E-state index contributed by atoms with van der Waals surface area (Å²) in [5.41, 5.74) is 1.99. The van der Waals surface area contributed by atoms with Crippen LogP contribution in [-0.2, 0) is 4.79 Å². The minimum Gasteiger partial charge on any atom is -0.361 e. The second-order valence-corrected chi connectivity index (χ2v) is 5.63. The van der Waals surface area contributed by atoms with E-state index < -0.39 is 0 Å². The molecular weight excluding hydrogens is 254 g/mol. The molecule has 1 aliphatic rings. The summed E-state index contributed by atoms with van der Waals surface area (Å²) in [6.45, 7) is 6.30. The molecule has 1 saturated carbocycles. The third-order valence-electron chi connectivity index (χ3n) is 4.07. The number of amides is 1. The van der Waals surface area contributed by atoms with Crippen molar-refractivity contribution in [3.8, 4) is 0 Å². The van der Waals surface area contributed by atoms with Crippen molar-refractivity contribution >= 4 is 5.91 Å². The Bertz CT molecular complexity index is 430. The van der Waals surface area contributed by atoms with Crippen LogP contribution in [-0.4, -0.2) is 23.7 Å². The third-order valence-corrected chi connectivity index (χ3v) is 4.07. The minimum absolute atomic E-state index is 0.0853. The van der Waals surface area contributed by atoms with Crippen molar-refractivity contribution in [2.45, 2.75) is 65.0 Å². The summed E-state index contributed by atoms with van der Waals surface area (Å²) < 4.78 is 5.20. The average Bonchev–Trinajstić information content (AvgIpc) is 3.03. The van der Waals surface area contributed by atoms with Gasteiger partial charge in [0, 0.05) is 17.6 Å². The van der Waals surface area contributed by atoms with Crippen LogP contribution in [0.15, 0.2) is 4.52 Å². The Labute approximate surface area is 120 Å². The molecule has 1 unspecified atom stereocenters. The lowest BCUT2D eigenvalue weighted by atomic mass is 10.0. The van der Waals surface area contributed by atoms with Crippen molar-refractivity contribution < 1.29 is 9.32 Å². The molecule has 0 saturated heterocycles. The summed E-state index contributed by atoms with van der Waals surface area (Å²) in [5, 5.41) is 10.4. The standard InChI is InChI=1S/C15H25N3O2/c1-4-13(15-10(2)18-20-11(15)3)16-9-14(19)17-12-7-5-6-8-12/h12-13,16H,4-9H2,1-3H3,(H,17,19). The van der Waals surface area contributed by atoms with Gasteiger partial charge < -0.3 is 15.2 Å². The van der Waals surface area contributed by atoms with E-state index in [0.29, 0.717) is 12.6 Å². The molecule has 1 fully saturated rings. The zero-order chi connectivity index (χ0) is 14.5. The van der Waals surface area contributed by atoms with Gasteiger partial charge in [-0.15, -0.1) is 0 Å². The number of carbonyl (C=O) groups excluding carboxylic acids is 1. The molecule has 0 aliphatic heterocycles. The van der Waals surface area contributed by atoms with E-state index in [1.165, 1.54) is 12.8 Å². The highest BCUT2D eigenvalue weighted by atomic mass is 16.5. The number of hydrogen-bond acceptors (Lipinski definition) is 4. The van der Waals surface area contributed by atoms with Gasteiger partial charge in [-0.25, -0.2) is 0 Å². The normalized spacial score (nSPS) is 17.4. The lowest BCUT2D eigenvalue weighted by molar-refractivity contribution is -0.121. The van der Waals surface area contributed by atoms with E-state index in [1.54, 1.807) is 0 Å². The first-order valence-corrected chi connectivity index (χ1v) is 7.57. The fourth-order valence-electron chi connectivity index (χ4n) is 3.00. The molecule has 0 aromatic carbocycles. The van der Waals surface area contributed by atoms with E-state index in [9.17, 15) is 4.79 Å². The molecule has 1 aliphatic carbocycles. The van der Waals surface area contributed by atoms with Crippen LogP contribution in [0.4, 0.5) is 0 Å². The maximum atomic E-state index is 11.9. The van der Waals surface area contributed by atoms with Crippen LogP contribution in [0.5, 0.6) is 0 Å². The van der Waals surface area contributed by atoms with E-state index in [1.807, 2.05) is 13.8 Å². The van der Waals surface area contributed by atoms with Gasteiger partial charge in [-0.1, -0.05) is 24.9 Å². The fraction of sp³-hybridized carbons (Fsp3) is 0.733. The summed E-state index contributed by atoms with van der Waals surface area (Å²) in [5.74, 6) is 0.917. The predicted molar refractivity (Wildman–Crippen MR) is 77.4 cm³/mol. The van der Waals surface area contributed by atoms with Gasteiger partial charge in [0.05, 0.1) is 12.2 Å². The van der Waals surface area contributed by atoms with Crippen LogP contribution in [0.1, 0.15) is 62.1 Å². The van der Waals surface area contributed by atoms with Crippen LogP contribution < -0.4 is 10.6 Å². The maximum Gasteiger partial charge on any atom is 0.234 e. The first-order valence-electron chi connectivity index (χ1n) is 7.57. The van der Waals surface area contributed by atoms with E-state index in [-0.39, 0.29) is 11.9 Å². The SMILES string of the molecule is CCC(NCC(=O)NC1CCCC1)c1c(C)noc1C. The lowest BCUT2D eigenvalue weighted by Gasteiger charge is -2.18. The number of nitrogens with zero attached hydrogens (tertiary/aromatic N) is 1. The van der Waals surface area contributed by atoms with Gasteiger partial charge in [0.1, 0.15) is 5.76 Å². The highest BCUT2D eigenvalue weighted by Crippen LogP contribution is 2.23. The maximum absolute atomic E-state index is 11.9. The third kappa shape index (κ3) is 3.60. The summed E-state index contributed by atoms with van der Waals surface area (Å²) in [6, 6.07) is 0.499. The summed E-state index contributed by atoms with van der Waals surface area (Å²) in [6.07, 6.45) is 5.60. The molecule has 1 amide bonds. The molecule has 1 aromatic heterocycles. The smallest absolute Gasteiger partial charge is 0.234 e. The van der Waals surface area contributed by atoms with Gasteiger partial charge in [0.25, 0.3) is 0 Å². The Kier molecular flexibility index (Phi) is 5.17. The molecule has 112 valence electrons. The minimum atomic E-state index is 0.0853. The topological polar surface area (TPSA) is 67.2 Å². The molecule has 1 atom stereocenters. The molecule has 5 heteroatoms. The Hall–Kier alpha value is -1.36. The molecule has 5 nitrogen and oxygen atoms in total. The Morgan fingerprint density at radius 1 is 1.40 bits per heavy atom. The Balaban J connectivity index is 1.86. The molecule has 2 rings (SSSR count). The zero-order valence-corrected chi connectivity index (χ0v) is 12.7. The number of hydrogen-bond donors (Lipinski definition) is 2. The first kappa shape index (κ1) is 15.0. The lowest BCUT2D eigenvalue weighted by Crippen LogP contribution is -2.40. The monoisotopic (exact) mass is 279 g/mol. The molecule has 0 spiro atoms. The van der Waals surface area contributed by atoms with Crippen LogP contribution >= 0.6 is 0 Å². The molecular formula is C15H25N3O2. The summed E-state index contributed by atoms with van der Waals surface area (Å²) >= 11 is 0. The zero-order valence-electron chi connectivity index (χ0n) is 12.7. The summed E-state index contributed by atoms with van der Waals surface area (Å²) in [4.78, 5) is 11.9. The van der Waals surface area contributed by atoms with Crippen molar-refractivity contribution in [1.82, 2.24) is 15.8 Å². The number of aromatic nitrogens is 1. The number of nitrogens with one attached hydrogen (secondary N) is 2. The van der Waals surface area contributed by atoms with E-state index in [4.69, 9.17) is 4.52 Å². The predicted octanol–water partition coefficient (Wildman–Crippen LogP) is 2.39. The molecule has 1 aromatic rings. The van der Waals surface area contributed by atoms with E-state index in [2.05, 4.69) is 22.7 Å². The molecule has 1 heterocycles. The Morgan fingerprint density at radius 3 is 2.65 bits per heavy atom. The van der Waals surface area contributed by atoms with E-state index in [0.717, 1.165) is 36.3 Å². The van der Waals surface area contributed by atoms with Crippen molar-refractivity contribution in [2.24, 2.45) is 0 Å². The quantitative estimate of drug-likeness (QED) is 0.839. The van der Waals surface area contributed by atoms with Crippen LogP contribution in [0, 0.1) is 13.8 Å². The highest BCUT2D eigenvalue weighted by molar-refractivity contribution is 5.78. The second-order valence-electron chi connectivity index (χ2n) is 5.63. The van der Waals surface area contributed by atoms with Gasteiger partial charge in [-0.3, -0.25) is 4.79 Å². The molecule has 20 heavy (non-hydrogen) atoms. The molecule has 0 bridgehead atoms. The Morgan fingerprint density at radius 2 is 2.10 bits per heavy atom. The van der Waals surface area contributed by atoms with Crippen molar-refractivity contribution in [3.63, 3.8) is 0 Å². The number of aryl methyl sites for hydroxylation is 2. The average molecular weight is 279 g/mol. The van der Waals surface area contributed by atoms with Gasteiger partial charge in [0.2, 0.25) is 5.91 Å². The molecule has 0 radical (unpaired) electrons. The van der Waals surface area contributed by atoms with Gasteiger partial charge in [0.15, 0.2) is 0 Å². The van der Waals surface area contributed by atoms with Gasteiger partial charge in [-0.05, 0) is 33.1 Å². The number of rotatable bonds is 6.